The Morgan fingerprint density at radius 3 is 2.77 bits per heavy atom. The Morgan fingerprint density at radius 1 is 1.27 bits per heavy atom. The van der Waals surface area contributed by atoms with Crippen LogP contribution in [0.1, 0.15) is 57.3 Å². The molecule has 2 bridgehead atoms. The van der Waals surface area contributed by atoms with E-state index >= 15 is 0 Å². The van der Waals surface area contributed by atoms with Crippen molar-refractivity contribution >= 4 is 38.5 Å². The van der Waals surface area contributed by atoms with E-state index in [1.54, 1.807) is 0 Å². The number of fused-ring (bicyclic) bond motifs is 3. The van der Waals surface area contributed by atoms with Crippen LogP contribution in [0.5, 0.6) is 0 Å². The molecule has 4 rings (SSSR count). The number of nitrogens with one attached hydrogen (secondary N) is 1. The van der Waals surface area contributed by atoms with Gasteiger partial charge in [0.15, 0.2) is 5.13 Å². The number of carbonyl (C=O) groups is 2. The standard InChI is InChI=1S/C20H25N3O2S/c1-12(24)21-18-22-15-6-5-13(7-16(15)26-18)17(25)23-11-20(4)9-14(23)8-19(2,3)10-20/h5-7,14H,8-11H2,1-4H3,(H,21,22,24)/t14-,20-/m1/s1. The molecular formula is C20H25N3O2S. The molecule has 1 saturated heterocycles. The van der Waals surface area contributed by atoms with Gasteiger partial charge in [0.25, 0.3) is 5.91 Å². The van der Waals surface area contributed by atoms with E-state index in [-0.39, 0.29) is 17.2 Å². The molecule has 1 aromatic heterocycles. The number of carbonyl (C=O) groups excluding carboxylic acids is 2. The molecule has 1 N–H and O–H groups in total. The van der Waals surface area contributed by atoms with Gasteiger partial charge in [-0.15, -0.1) is 0 Å². The van der Waals surface area contributed by atoms with Crippen molar-refractivity contribution in [3.05, 3.63) is 23.8 Å². The number of rotatable bonds is 2. The first kappa shape index (κ1) is 17.5. The summed E-state index contributed by atoms with van der Waals surface area (Å²) in [6.45, 7) is 9.27. The van der Waals surface area contributed by atoms with Gasteiger partial charge >= 0.3 is 0 Å². The lowest BCUT2D eigenvalue weighted by Gasteiger charge is -2.39. The fourth-order valence-corrected chi connectivity index (χ4v) is 6.08. The minimum absolute atomic E-state index is 0.118. The second kappa shape index (κ2) is 5.78. The SMILES string of the molecule is CC(=O)Nc1nc2ccc(C(=O)N3C[C@]4(C)C[C@H]3CC(C)(C)C4)cc2s1. The van der Waals surface area contributed by atoms with Crippen LogP contribution in [0.15, 0.2) is 18.2 Å². The van der Waals surface area contributed by atoms with E-state index < -0.39 is 0 Å². The number of anilines is 1. The van der Waals surface area contributed by atoms with Gasteiger partial charge in [0.1, 0.15) is 0 Å². The molecule has 1 aliphatic carbocycles. The Hall–Kier alpha value is -1.95. The smallest absolute Gasteiger partial charge is 0.254 e. The summed E-state index contributed by atoms with van der Waals surface area (Å²) in [7, 11) is 0. The molecule has 26 heavy (non-hydrogen) atoms. The van der Waals surface area contributed by atoms with Crippen molar-refractivity contribution in [1.29, 1.82) is 0 Å². The summed E-state index contributed by atoms with van der Waals surface area (Å²) in [6.07, 6.45) is 3.36. The predicted octanol–water partition coefficient (Wildman–Crippen LogP) is 4.30. The van der Waals surface area contributed by atoms with E-state index in [4.69, 9.17) is 0 Å². The molecule has 0 unspecified atom stereocenters. The zero-order chi connectivity index (χ0) is 18.7. The third-order valence-electron chi connectivity index (χ3n) is 5.59. The number of thiazole rings is 1. The summed E-state index contributed by atoms with van der Waals surface area (Å²) >= 11 is 1.40. The van der Waals surface area contributed by atoms with Crippen LogP contribution in [-0.4, -0.2) is 34.3 Å². The van der Waals surface area contributed by atoms with E-state index in [9.17, 15) is 9.59 Å². The molecule has 2 amide bonds. The molecule has 1 aromatic carbocycles. The average molecular weight is 372 g/mol. The summed E-state index contributed by atoms with van der Waals surface area (Å²) < 4.78 is 0.924. The highest BCUT2D eigenvalue weighted by Gasteiger charge is 2.51. The summed E-state index contributed by atoms with van der Waals surface area (Å²) in [6, 6.07) is 5.98. The zero-order valence-corrected chi connectivity index (χ0v) is 16.6. The van der Waals surface area contributed by atoms with Crippen molar-refractivity contribution < 1.29 is 9.59 Å². The summed E-state index contributed by atoms with van der Waals surface area (Å²) in [5.74, 6) is -0.0200. The van der Waals surface area contributed by atoms with Crippen molar-refractivity contribution in [2.45, 2.75) is 53.0 Å². The summed E-state index contributed by atoms with van der Waals surface area (Å²) in [5, 5.41) is 3.29. The first-order chi connectivity index (χ1) is 12.1. The van der Waals surface area contributed by atoms with Crippen LogP contribution in [0.25, 0.3) is 10.2 Å². The zero-order valence-electron chi connectivity index (χ0n) is 15.8. The quantitative estimate of drug-likeness (QED) is 0.856. The lowest BCUT2D eigenvalue weighted by atomic mass is 9.65. The van der Waals surface area contributed by atoms with Gasteiger partial charge in [-0.05, 0) is 48.3 Å². The Morgan fingerprint density at radius 2 is 2.04 bits per heavy atom. The molecule has 2 atom stereocenters. The minimum atomic E-state index is -0.138. The van der Waals surface area contributed by atoms with Crippen LogP contribution >= 0.6 is 11.3 Å². The largest absolute Gasteiger partial charge is 0.335 e. The molecule has 6 heteroatoms. The molecule has 5 nitrogen and oxygen atoms in total. The van der Waals surface area contributed by atoms with Crippen LogP contribution in [0.4, 0.5) is 5.13 Å². The highest BCUT2D eigenvalue weighted by atomic mass is 32.1. The second-order valence-electron chi connectivity index (χ2n) is 9.03. The minimum Gasteiger partial charge on any atom is -0.335 e. The van der Waals surface area contributed by atoms with E-state index in [0.29, 0.717) is 22.2 Å². The summed E-state index contributed by atoms with van der Waals surface area (Å²) in [5.41, 5.74) is 2.05. The Balaban J connectivity index is 1.61. The highest BCUT2D eigenvalue weighted by Crippen LogP contribution is 2.52. The molecule has 138 valence electrons. The molecule has 2 heterocycles. The molecule has 2 fully saturated rings. The molecule has 2 aliphatic rings. The number of likely N-dealkylation sites (tertiary alicyclic amines) is 1. The van der Waals surface area contributed by atoms with Gasteiger partial charge in [-0.3, -0.25) is 9.59 Å². The molecular weight excluding hydrogens is 346 g/mol. The molecule has 0 spiro atoms. The fourth-order valence-electron chi connectivity index (χ4n) is 5.12. The van der Waals surface area contributed by atoms with Crippen LogP contribution in [0, 0.1) is 10.8 Å². The third-order valence-corrected chi connectivity index (χ3v) is 6.53. The van der Waals surface area contributed by atoms with Crippen LogP contribution < -0.4 is 5.32 Å². The Labute approximate surface area is 157 Å². The fraction of sp³-hybridized carbons (Fsp3) is 0.550. The number of hydrogen-bond acceptors (Lipinski definition) is 4. The van der Waals surface area contributed by atoms with Crippen molar-refractivity contribution in [2.24, 2.45) is 10.8 Å². The van der Waals surface area contributed by atoms with E-state index in [1.807, 2.05) is 18.2 Å². The number of amides is 2. The number of aromatic nitrogens is 1. The molecule has 0 radical (unpaired) electrons. The van der Waals surface area contributed by atoms with E-state index in [2.05, 4.69) is 36.0 Å². The number of hydrogen-bond donors (Lipinski definition) is 1. The van der Waals surface area contributed by atoms with E-state index in [1.165, 1.54) is 24.7 Å². The Bertz CT molecular complexity index is 904. The van der Waals surface area contributed by atoms with Crippen LogP contribution in [0.3, 0.4) is 0 Å². The van der Waals surface area contributed by atoms with Gasteiger partial charge in [-0.1, -0.05) is 32.1 Å². The van der Waals surface area contributed by atoms with Gasteiger partial charge in [0.2, 0.25) is 5.91 Å². The van der Waals surface area contributed by atoms with Crippen molar-refractivity contribution in [3.63, 3.8) is 0 Å². The third kappa shape index (κ3) is 3.11. The van der Waals surface area contributed by atoms with Gasteiger partial charge in [0, 0.05) is 25.1 Å². The predicted molar refractivity (Wildman–Crippen MR) is 104 cm³/mol. The number of nitrogens with zero attached hydrogens (tertiary/aromatic N) is 2. The maximum absolute atomic E-state index is 13.2. The lowest BCUT2D eigenvalue weighted by molar-refractivity contribution is -0.114. The van der Waals surface area contributed by atoms with E-state index in [0.717, 1.165) is 29.6 Å². The topological polar surface area (TPSA) is 62.3 Å². The van der Waals surface area contributed by atoms with Gasteiger partial charge in [0.05, 0.1) is 10.2 Å². The maximum atomic E-state index is 13.2. The Kier molecular flexibility index (Phi) is 3.88. The number of benzene rings is 1. The highest BCUT2D eigenvalue weighted by molar-refractivity contribution is 7.22. The van der Waals surface area contributed by atoms with Crippen LogP contribution in [-0.2, 0) is 4.79 Å². The lowest BCUT2D eigenvalue weighted by Crippen LogP contribution is -2.37. The molecule has 1 saturated carbocycles. The summed E-state index contributed by atoms with van der Waals surface area (Å²) in [4.78, 5) is 30.9. The van der Waals surface area contributed by atoms with Crippen molar-refractivity contribution in [2.75, 3.05) is 11.9 Å². The van der Waals surface area contributed by atoms with Crippen molar-refractivity contribution in [1.82, 2.24) is 9.88 Å². The molecule has 2 aromatic rings. The first-order valence-corrected chi connectivity index (χ1v) is 9.95. The van der Waals surface area contributed by atoms with Gasteiger partial charge in [-0.2, -0.15) is 0 Å². The monoisotopic (exact) mass is 371 g/mol. The van der Waals surface area contributed by atoms with Gasteiger partial charge in [-0.25, -0.2) is 4.98 Å². The molecule has 1 aliphatic heterocycles. The normalized spacial score (nSPS) is 26.9. The second-order valence-corrected chi connectivity index (χ2v) is 10.1. The van der Waals surface area contributed by atoms with Crippen molar-refractivity contribution in [3.8, 4) is 0 Å². The average Bonchev–Trinajstić information content (AvgIpc) is 3.01. The van der Waals surface area contributed by atoms with Gasteiger partial charge < -0.3 is 10.2 Å². The first-order valence-electron chi connectivity index (χ1n) is 9.13. The maximum Gasteiger partial charge on any atom is 0.254 e. The van der Waals surface area contributed by atoms with Crippen LogP contribution in [0.2, 0.25) is 0 Å².